The molecule has 0 atom stereocenters. The second-order valence-electron chi connectivity index (χ2n) is 5.26. The minimum absolute atomic E-state index is 0.0101. The van der Waals surface area contributed by atoms with E-state index in [0.717, 1.165) is 42.7 Å². The molecule has 21 heavy (non-hydrogen) atoms. The van der Waals surface area contributed by atoms with Crippen molar-refractivity contribution in [3.05, 3.63) is 17.8 Å². The Morgan fingerprint density at radius 1 is 1.38 bits per heavy atom. The molecule has 1 N–H and O–H groups in total. The smallest absolute Gasteiger partial charge is 0.313 e. The van der Waals surface area contributed by atoms with Gasteiger partial charge in [0.05, 0.1) is 5.75 Å². The maximum atomic E-state index is 10.8. The largest absolute Gasteiger partial charge is 0.481 e. The van der Waals surface area contributed by atoms with Crippen LogP contribution in [0.2, 0.25) is 0 Å². The van der Waals surface area contributed by atoms with Crippen LogP contribution in [-0.4, -0.2) is 44.6 Å². The van der Waals surface area contributed by atoms with Crippen LogP contribution in [0.5, 0.6) is 0 Å². The number of nitrogens with zero attached hydrogens (tertiary/aromatic N) is 4. The van der Waals surface area contributed by atoms with Crippen molar-refractivity contribution >= 4 is 28.9 Å². The molecule has 1 aliphatic heterocycles. The molecule has 0 radical (unpaired) electrons. The predicted molar refractivity (Wildman–Crippen MR) is 82.4 cm³/mol. The molecule has 0 aliphatic carbocycles. The molecule has 112 valence electrons. The van der Waals surface area contributed by atoms with Gasteiger partial charge in [0, 0.05) is 19.3 Å². The fourth-order valence-electron chi connectivity index (χ4n) is 2.58. The minimum atomic E-state index is -0.832. The average molecular weight is 306 g/mol. The van der Waals surface area contributed by atoms with E-state index in [4.69, 9.17) is 5.11 Å². The first-order valence-corrected chi connectivity index (χ1v) is 8.08. The van der Waals surface area contributed by atoms with Crippen LogP contribution in [0.3, 0.4) is 0 Å². The summed E-state index contributed by atoms with van der Waals surface area (Å²) >= 11 is 1.25. The number of pyridine rings is 1. The first-order chi connectivity index (χ1) is 10.1. The summed E-state index contributed by atoms with van der Waals surface area (Å²) in [6.45, 7) is 3.90. The Morgan fingerprint density at radius 2 is 2.14 bits per heavy atom. The first-order valence-electron chi connectivity index (χ1n) is 7.10. The highest BCUT2D eigenvalue weighted by Gasteiger charge is 2.20. The first kappa shape index (κ1) is 14.2. The van der Waals surface area contributed by atoms with E-state index in [0.29, 0.717) is 5.16 Å². The normalized spacial score (nSPS) is 15.6. The van der Waals surface area contributed by atoms with Gasteiger partial charge in [-0.2, -0.15) is 0 Å². The molecule has 1 saturated heterocycles. The Labute approximate surface area is 127 Å². The van der Waals surface area contributed by atoms with E-state index in [2.05, 4.69) is 15.0 Å². The van der Waals surface area contributed by atoms with Crippen LogP contribution >= 0.6 is 11.8 Å². The van der Waals surface area contributed by atoms with E-state index in [1.165, 1.54) is 18.2 Å². The number of rotatable bonds is 4. The van der Waals surface area contributed by atoms with Gasteiger partial charge in [-0.05, 0) is 37.8 Å². The number of aliphatic carboxylic acids is 1. The van der Waals surface area contributed by atoms with Crippen LogP contribution in [0, 0.1) is 6.92 Å². The zero-order valence-corrected chi connectivity index (χ0v) is 12.8. The Morgan fingerprint density at radius 3 is 2.86 bits per heavy atom. The maximum absolute atomic E-state index is 10.8. The lowest BCUT2D eigenvalue weighted by atomic mass is 10.2. The summed E-state index contributed by atoms with van der Waals surface area (Å²) in [7, 11) is 0. The number of carboxylic acids is 1. The number of aryl methyl sites for hydroxylation is 1. The standard InChI is InChI=1S/C14H18N4O2S/c1-10-7-11-13(15-8-10)18(17-5-3-2-4-6-17)14(16-11)21-9-12(19)20/h7-8H,2-6,9H2,1H3,(H,19,20). The van der Waals surface area contributed by atoms with E-state index in [9.17, 15) is 4.79 Å². The van der Waals surface area contributed by atoms with Crippen molar-refractivity contribution in [2.24, 2.45) is 0 Å². The third kappa shape index (κ3) is 2.97. The zero-order chi connectivity index (χ0) is 14.8. The van der Waals surface area contributed by atoms with Crippen LogP contribution in [-0.2, 0) is 4.79 Å². The number of imidazole rings is 1. The van der Waals surface area contributed by atoms with Crippen LogP contribution in [0.15, 0.2) is 17.4 Å². The molecular weight excluding hydrogens is 288 g/mol. The van der Waals surface area contributed by atoms with Crippen LogP contribution in [0.4, 0.5) is 0 Å². The third-order valence-electron chi connectivity index (χ3n) is 3.52. The van der Waals surface area contributed by atoms with E-state index in [-0.39, 0.29) is 5.75 Å². The van der Waals surface area contributed by atoms with Crippen molar-refractivity contribution in [1.82, 2.24) is 14.6 Å². The molecule has 2 aromatic heterocycles. The zero-order valence-electron chi connectivity index (χ0n) is 11.9. The van der Waals surface area contributed by atoms with Crippen LogP contribution in [0.25, 0.3) is 11.2 Å². The van der Waals surface area contributed by atoms with Gasteiger partial charge in [0.15, 0.2) is 10.8 Å². The Balaban J connectivity index is 2.03. The van der Waals surface area contributed by atoms with Gasteiger partial charge >= 0.3 is 5.97 Å². The number of aromatic nitrogens is 3. The van der Waals surface area contributed by atoms with Gasteiger partial charge in [0.1, 0.15) is 5.52 Å². The summed E-state index contributed by atoms with van der Waals surface area (Å²) in [6.07, 6.45) is 5.37. The van der Waals surface area contributed by atoms with Gasteiger partial charge in [-0.1, -0.05) is 11.8 Å². The highest BCUT2D eigenvalue weighted by atomic mass is 32.2. The molecule has 0 unspecified atom stereocenters. The highest BCUT2D eigenvalue weighted by molar-refractivity contribution is 7.99. The van der Waals surface area contributed by atoms with E-state index in [1.54, 1.807) is 0 Å². The van der Waals surface area contributed by atoms with Gasteiger partial charge in [-0.3, -0.25) is 4.79 Å². The Bertz CT molecular complexity index is 664. The number of fused-ring (bicyclic) bond motifs is 1. The predicted octanol–water partition coefficient (Wildman–Crippen LogP) is 2.04. The number of hydrogen-bond donors (Lipinski definition) is 1. The molecule has 0 bridgehead atoms. The fourth-order valence-corrected chi connectivity index (χ4v) is 3.32. The van der Waals surface area contributed by atoms with Crippen molar-refractivity contribution in [2.45, 2.75) is 31.3 Å². The lowest BCUT2D eigenvalue weighted by Gasteiger charge is -2.30. The molecular formula is C14H18N4O2S. The molecule has 1 fully saturated rings. The summed E-state index contributed by atoms with van der Waals surface area (Å²) in [5.74, 6) is -0.822. The van der Waals surface area contributed by atoms with E-state index < -0.39 is 5.97 Å². The van der Waals surface area contributed by atoms with Gasteiger partial charge < -0.3 is 10.1 Å². The van der Waals surface area contributed by atoms with Crippen molar-refractivity contribution in [3.63, 3.8) is 0 Å². The van der Waals surface area contributed by atoms with Gasteiger partial charge in [-0.15, -0.1) is 0 Å². The minimum Gasteiger partial charge on any atom is -0.481 e. The quantitative estimate of drug-likeness (QED) is 0.872. The molecule has 3 heterocycles. The molecule has 0 aromatic carbocycles. The molecule has 6 nitrogen and oxygen atoms in total. The van der Waals surface area contributed by atoms with Crippen molar-refractivity contribution in [2.75, 3.05) is 23.9 Å². The maximum Gasteiger partial charge on any atom is 0.313 e. The number of thioether (sulfide) groups is 1. The third-order valence-corrected chi connectivity index (χ3v) is 4.44. The molecule has 3 rings (SSSR count). The highest BCUT2D eigenvalue weighted by Crippen LogP contribution is 2.25. The van der Waals surface area contributed by atoms with Gasteiger partial charge in [-0.25, -0.2) is 14.6 Å². The van der Waals surface area contributed by atoms with Gasteiger partial charge in [0.2, 0.25) is 0 Å². The SMILES string of the molecule is Cc1cnc2c(c1)nc(SCC(=O)O)n2N1CCCCC1. The molecule has 1 aliphatic rings. The van der Waals surface area contributed by atoms with Crippen molar-refractivity contribution < 1.29 is 9.90 Å². The molecule has 7 heteroatoms. The van der Waals surface area contributed by atoms with E-state index >= 15 is 0 Å². The topological polar surface area (TPSA) is 71.2 Å². The van der Waals surface area contributed by atoms with Gasteiger partial charge in [0.25, 0.3) is 0 Å². The fraction of sp³-hybridized carbons (Fsp3) is 0.500. The number of carboxylic acid groups (broad SMARTS) is 1. The summed E-state index contributed by atoms with van der Waals surface area (Å²) in [4.78, 5) is 19.9. The summed E-state index contributed by atoms with van der Waals surface area (Å²) < 4.78 is 2.00. The summed E-state index contributed by atoms with van der Waals surface area (Å²) in [6, 6.07) is 1.99. The number of carbonyl (C=O) groups is 1. The lowest BCUT2D eigenvalue weighted by molar-refractivity contribution is -0.133. The average Bonchev–Trinajstić information content (AvgIpc) is 2.83. The second-order valence-corrected chi connectivity index (χ2v) is 6.20. The second kappa shape index (κ2) is 5.93. The Kier molecular flexibility index (Phi) is 4.01. The van der Waals surface area contributed by atoms with Crippen molar-refractivity contribution in [1.29, 1.82) is 0 Å². The lowest BCUT2D eigenvalue weighted by Crippen LogP contribution is -2.39. The molecule has 2 aromatic rings. The Hall–Kier alpha value is -1.76. The van der Waals surface area contributed by atoms with E-state index in [1.807, 2.05) is 23.9 Å². The number of piperidine rings is 1. The van der Waals surface area contributed by atoms with Crippen molar-refractivity contribution in [3.8, 4) is 0 Å². The summed E-state index contributed by atoms with van der Waals surface area (Å²) in [5, 5.41) is 11.9. The molecule has 0 saturated carbocycles. The number of hydrogen-bond acceptors (Lipinski definition) is 5. The monoisotopic (exact) mass is 306 g/mol. The van der Waals surface area contributed by atoms with Crippen LogP contribution < -0.4 is 5.01 Å². The molecule has 0 spiro atoms. The summed E-state index contributed by atoms with van der Waals surface area (Å²) in [5.41, 5.74) is 2.70. The molecule has 0 amide bonds. The van der Waals surface area contributed by atoms with Crippen LogP contribution in [0.1, 0.15) is 24.8 Å².